The Labute approximate surface area is 138 Å². The van der Waals surface area contributed by atoms with Crippen LogP contribution < -0.4 is 10.6 Å². The zero-order valence-electron chi connectivity index (χ0n) is 13.3. The highest BCUT2D eigenvalue weighted by atomic mass is 16.6. The van der Waals surface area contributed by atoms with E-state index in [0.29, 0.717) is 24.4 Å². The summed E-state index contributed by atoms with van der Waals surface area (Å²) in [5, 5.41) is 17.1. The van der Waals surface area contributed by atoms with Gasteiger partial charge in [0.2, 0.25) is 11.6 Å². The third-order valence-electron chi connectivity index (χ3n) is 3.14. The number of rotatable bonds is 8. The van der Waals surface area contributed by atoms with Gasteiger partial charge in [-0.05, 0) is 19.1 Å². The third-order valence-corrected chi connectivity index (χ3v) is 3.14. The summed E-state index contributed by atoms with van der Waals surface area (Å²) < 4.78 is 4.90. The Morgan fingerprint density at radius 3 is 2.75 bits per heavy atom. The molecule has 2 rings (SSSR count). The molecule has 0 saturated heterocycles. The molecule has 126 valence electrons. The molecule has 0 aliphatic carbocycles. The van der Waals surface area contributed by atoms with Crippen LogP contribution in [0.25, 0.3) is 0 Å². The fourth-order valence-electron chi connectivity index (χ4n) is 2.00. The van der Waals surface area contributed by atoms with Crippen molar-refractivity contribution in [1.29, 1.82) is 0 Å². The van der Waals surface area contributed by atoms with Crippen molar-refractivity contribution in [3.05, 3.63) is 46.3 Å². The molecule has 2 N–H and O–H groups in total. The lowest BCUT2D eigenvalue weighted by Crippen LogP contribution is -2.12. The number of Topliss-reactive ketones (excluding diaryl/α,β-unsaturated/α-hetero) is 1. The molecule has 2 aromatic rings. The molecule has 0 aliphatic heterocycles. The van der Waals surface area contributed by atoms with Gasteiger partial charge in [0.1, 0.15) is 6.33 Å². The molecule has 0 radical (unpaired) electrons. The van der Waals surface area contributed by atoms with E-state index in [-0.39, 0.29) is 23.1 Å². The number of anilines is 3. The number of ketones is 1. The first-order chi connectivity index (χ1) is 11.5. The van der Waals surface area contributed by atoms with Crippen molar-refractivity contribution in [3.8, 4) is 0 Å². The van der Waals surface area contributed by atoms with Crippen molar-refractivity contribution in [2.75, 3.05) is 30.9 Å². The molecule has 0 amide bonds. The van der Waals surface area contributed by atoms with Crippen LogP contribution in [-0.4, -0.2) is 40.9 Å². The molecule has 0 atom stereocenters. The molecule has 0 unspecified atom stereocenters. The number of nitrogens with zero attached hydrogens (tertiary/aromatic N) is 3. The molecule has 0 saturated carbocycles. The van der Waals surface area contributed by atoms with Gasteiger partial charge in [-0.2, -0.15) is 0 Å². The largest absolute Gasteiger partial charge is 0.383 e. The van der Waals surface area contributed by atoms with Gasteiger partial charge >= 0.3 is 5.69 Å². The third kappa shape index (κ3) is 4.23. The quantitative estimate of drug-likeness (QED) is 0.327. The highest BCUT2D eigenvalue weighted by molar-refractivity contribution is 5.95. The smallest absolute Gasteiger partial charge is 0.353 e. The van der Waals surface area contributed by atoms with E-state index in [9.17, 15) is 14.9 Å². The Morgan fingerprint density at radius 1 is 1.33 bits per heavy atom. The molecule has 1 heterocycles. The van der Waals surface area contributed by atoms with Crippen molar-refractivity contribution < 1.29 is 14.5 Å². The first-order valence-corrected chi connectivity index (χ1v) is 7.13. The molecule has 0 bridgehead atoms. The van der Waals surface area contributed by atoms with E-state index in [0.717, 1.165) is 0 Å². The van der Waals surface area contributed by atoms with Gasteiger partial charge in [-0.25, -0.2) is 9.97 Å². The average Bonchev–Trinajstić information content (AvgIpc) is 2.55. The van der Waals surface area contributed by atoms with Crippen molar-refractivity contribution in [1.82, 2.24) is 9.97 Å². The molecule has 1 aromatic heterocycles. The van der Waals surface area contributed by atoms with Crippen molar-refractivity contribution in [2.24, 2.45) is 0 Å². The van der Waals surface area contributed by atoms with Crippen LogP contribution >= 0.6 is 0 Å². The molecule has 1 aromatic carbocycles. The van der Waals surface area contributed by atoms with Gasteiger partial charge in [0, 0.05) is 24.9 Å². The SMILES string of the molecule is COCCNc1ncnc(Nc2cccc(C(C)=O)c2)c1[N+](=O)[O-]. The molecule has 0 aliphatic rings. The second-order valence-electron chi connectivity index (χ2n) is 4.86. The monoisotopic (exact) mass is 331 g/mol. The summed E-state index contributed by atoms with van der Waals surface area (Å²) in [6.07, 6.45) is 1.22. The van der Waals surface area contributed by atoms with Gasteiger partial charge in [-0.3, -0.25) is 14.9 Å². The summed E-state index contributed by atoms with van der Waals surface area (Å²) in [6.45, 7) is 2.20. The van der Waals surface area contributed by atoms with Crippen LogP contribution in [0.4, 0.5) is 23.0 Å². The Bertz CT molecular complexity index is 750. The molecule has 0 spiro atoms. The number of hydrogen-bond donors (Lipinski definition) is 2. The van der Waals surface area contributed by atoms with Crippen molar-refractivity contribution in [2.45, 2.75) is 6.92 Å². The van der Waals surface area contributed by atoms with E-state index in [1.165, 1.54) is 20.4 Å². The van der Waals surface area contributed by atoms with Gasteiger partial charge in [0.15, 0.2) is 5.78 Å². The Hall–Kier alpha value is -3.07. The van der Waals surface area contributed by atoms with Gasteiger partial charge in [0.25, 0.3) is 0 Å². The standard InChI is InChI=1S/C15H17N5O4/c1-10(21)11-4-3-5-12(8-11)19-15-13(20(22)23)14(17-9-18-15)16-6-7-24-2/h3-5,8-9H,6-7H2,1-2H3,(H2,16,17,18,19). The number of nitrogens with one attached hydrogen (secondary N) is 2. The van der Waals surface area contributed by atoms with E-state index >= 15 is 0 Å². The second-order valence-corrected chi connectivity index (χ2v) is 4.86. The fraction of sp³-hybridized carbons (Fsp3) is 0.267. The molecular formula is C15H17N5O4. The number of benzene rings is 1. The molecule has 9 nitrogen and oxygen atoms in total. The van der Waals surface area contributed by atoms with E-state index in [1.54, 1.807) is 24.3 Å². The summed E-state index contributed by atoms with van der Waals surface area (Å²) in [7, 11) is 1.53. The number of nitro groups is 1. The summed E-state index contributed by atoms with van der Waals surface area (Å²) in [6, 6.07) is 6.64. The Morgan fingerprint density at radius 2 is 2.08 bits per heavy atom. The lowest BCUT2D eigenvalue weighted by molar-refractivity contribution is -0.383. The van der Waals surface area contributed by atoms with Gasteiger partial charge in [-0.15, -0.1) is 0 Å². The van der Waals surface area contributed by atoms with Gasteiger partial charge < -0.3 is 15.4 Å². The lowest BCUT2D eigenvalue weighted by Gasteiger charge is -2.10. The maximum atomic E-state index is 11.4. The number of aromatic nitrogens is 2. The van der Waals surface area contributed by atoms with Crippen LogP contribution in [0.5, 0.6) is 0 Å². The maximum absolute atomic E-state index is 11.4. The summed E-state index contributed by atoms with van der Waals surface area (Å²) in [4.78, 5) is 30.1. The van der Waals surface area contributed by atoms with Gasteiger partial charge in [0.05, 0.1) is 11.5 Å². The van der Waals surface area contributed by atoms with Crippen molar-refractivity contribution in [3.63, 3.8) is 0 Å². The van der Waals surface area contributed by atoms with E-state index in [1.807, 2.05) is 0 Å². The minimum Gasteiger partial charge on any atom is -0.383 e. The number of hydrogen-bond acceptors (Lipinski definition) is 8. The van der Waals surface area contributed by atoms with Crippen LogP contribution in [0.2, 0.25) is 0 Å². The van der Waals surface area contributed by atoms with Crippen LogP contribution in [0.15, 0.2) is 30.6 Å². The number of carbonyl (C=O) groups excluding carboxylic acids is 1. The first kappa shape index (κ1) is 17.3. The zero-order valence-corrected chi connectivity index (χ0v) is 13.3. The highest BCUT2D eigenvalue weighted by Crippen LogP contribution is 2.31. The first-order valence-electron chi connectivity index (χ1n) is 7.13. The average molecular weight is 331 g/mol. The molecule has 0 fully saturated rings. The maximum Gasteiger partial charge on any atom is 0.353 e. The van der Waals surface area contributed by atoms with E-state index in [4.69, 9.17) is 4.74 Å². The summed E-state index contributed by atoms with van der Waals surface area (Å²) in [5.41, 5.74) is 0.740. The molecule has 9 heteroatoms. The molecular weight excluding hydrogens is 314 g/mol. The van der Waals surface area contributed by atoms with E-state index in [2.05, 4.69) is 20.6 Å². The highest BCUT2D eigenvalue weighted by Gasteiger charge is 2.23. The Kier molecular flexibility index (Phi) is 5.74. The zero-order chi connectivity index (χ0) is 17.5. The van der Waals surface area contributed by atoms with Crippen LogP contribution in [0.1, 0.15) is 17.3 Å². The molecule has 24 heavy (non-hydrogen) atoms. The minimum atomic E-state index is -0.563. The van der Waals surface area contributed by atoms with Crippen LogP contribution in [0, 0.1) is 10.1 Å². The van der Waals surface area contributed by atoms with Gasteiger partial charge in [-0.1, -0.05) is 12.1 Å². The predicted molar refractivity (Wildman–Crippen MR) is 88.8 cm³/mol. The number of ether oxygens (including phenoxy) is 1. The fourth-order valence-corrected chi connectivity index (χ4v) is 2.00. The summed E-state index contributed by atoms with van der Waals surface area (Å²) in [5.74, 6) is 0.0330. The Balaban J connectivity index is 2.32. The normalized spacial score (nSPS) is 10.2. The second kappa shape index (κ2) is 7.97. The summed E-state index contributed by atoms with van der Waals surface area (Å²) >= 11 is 0. The van der Waals surface area contributed by atoms with Crippen molar-refractivity contribution >= 4 is 28.8 Å². The van der Waals surface area contributed by atoms with E-state index < -0.39 is 4.92 Å². The topological polar surface area (TPSA) is 119 Å². The number of methoxy groups -OCH3 is 1. The minimum absolute atomic E-state index is 0.0376. The number of carbonyl (C=O) groups is 1. The predicted octanol–water partition coefficient (Wildman–Crippen LogP) is 2.39. The van der Waals surface area contributed by atoms with Crippen LogP contribution in [-0.2, 0) is 4.74 Å². The lowest BCUT2D eigenvalue weighted by atomic mass is 10.1. The van der Waals surface area contributed by atoms with Crippen LogP contribution in [0.3, 0.4) is 0 Å².